The van der Waals surface area contributed by atoms with Gasteiger partial charge in [0.25, 0.3) is 0 Å². The molecule has 0 radical (unpaired) electrons. The Kier molecular flexibility index (Phi) is 6.16. The van der Waals surface area contributed by atoms with Gasteiger partial charge in [0.05, 0.1) is 6.54 Å². The molecular formula is C11H16N2O4S. The Morgan fingerprint density at radius 3 is 2.83 bits per heavy atom. The lowest BCUT2D eigenvalue weighted by atomic mass is 10.3. The van der Waals surface area contributed by atoms with E-state index < -0.39 is 18.1 Å². The summed E-state index contributed by atoms with van der Waals surface area (Å²) in [6.45, 7) is 0.452. The summed E-state index contributed by atoms with van der Waals surface area (Å²) >= 11 is 1.63. The van der Waals surface area contributed by atoms with E-state index in [1.54, 1.807) is 11.3 Å². The SMILES string of the molecule is COC(CNC(=O)NCCc1cccs1)C(=O)O. The van der Waals surface area contributed by atoms with Crippen molar-refractivity contribution in [3.63, 3.8) is 0 Å². The van der Waals surface area contributed by atoms with Gasteiger partial charge >= 0.3 is 12.0 Å². The maximum atomic E-state index is 11.3. The number of amides is 2. The third-order valence-corrected chi connectivity index (χ3v) is 3.18. The molecule has 0 aliphatic carbocycles. The van der Waals surface area contributed by atoms with E-state index in [0.29, 0.717) is 6.54 Å². The van der Waals surface area contributed by atoms with Crippen molar-refractivity contribution in [3.05, 3.63) is 22.4 Å². The molecule has 0 aliphatic rings. The highest BCUT2D eigenvalue weighted by Crippen LogP contribution is 2.07. The molecule has 1 rings (SSSR count). The van der Waals surface area contributed by atoms with Crippen LogP contribution in [0.3, 0.4) is 0 Å². The standard InChI is InChI=1S/C11H16N2O4S/c1-17-9(10(14)15)7-13-11(16)12-5-4-8-3-2-6-18-8/h2-3,6,9H,4-5,7H2,1H3,(H,14,15)(H2,12,13,16). The van der Waals surface area contributed by atoms with Gasteiger partial charge in [0.1, 0.15) is 0 Å². The minimum Gasteiger partial charge on any atom is -0.479 e. The summed E-state index contributed by atoms with van der Waals surface area (Å²) in [4.78, 5) is 23.2. The molecule has 1 aromatic heterocycles. The van der Waals surface area contributed by atoms with Gasteiger partial charge in [-0.1, -0.05) is 6.07 Å². The molecule has 0 saturated carbocycles. The van der Waals surface area contributed by atoms with E-state index in [1.165, 1.54) is 12.0 Å². The second kappa shape index (κ2) is 7.67. The van der Waals surface area contributed by atoms with Gasteiger partial charge in [-0.05, 0) is 17.9 Å². The van der Waals surface area contributed by atoms with Gasteiger partial charge in [0.2, 0.25) is 0 Å². The molecule has 0 bridgehead atoms. The van der Waals surface area contributed by atoms with Gasteiger partial charge in [-0.25, -0.2) is 9.59 Å². The van der Waals surface area contributed by atoms with Crippen molar-refractivity contribution in [3.8, 4) is 0 Å². The summed E-state index contributed by atoms with van der Waals surface area (Å²) < 4.78 is 4.69. The summed E-state index contributed by atoms with van der Waals surface area (Å²) in [6, 6.07) is 3.56. The number of methoxy groups -OCH3 is 1. The predicted molar refractivity (Wildman–Crippen MR) is 67.9 cm³/mol. The third kappa shape index (κ3) is 5.15. The first kappa shape index (κ1) is 14.5. The summed E-state index contributed by atoms with van der Waals surface area (Å²) in [5.41, 5.74) is 0. The Bertz CT molecular complexity index is 380. The van der Waals surface area contributed by atoms with Gasteiger partial charge in [0, 0.05) is 18.5 Å². The zero-order chi connectivity index (χ0) is 13.4. The van der Waals surface area contributed by atoms with Crippen molar-refractivity contribution >= 4 is 23.3 Å². The van der Waals surface area contributed by atoms with Crippen LogP contribution in [-0.4, -0.2) is 43.4 Å². The monoisotopic (exact) mass is 272 g/mol. The number of hydrogen-bond acceptors (Lipinski definition) is 4. The van der Waals surface area contributed by atoms with Crippen LogP contribution in [0.25, 0.3) is 0 Å². The third-order valence-electron chi connectivity index (χ3n) is 2.25. The van der Waals surface area contributed by atoms with Crippen LogP contribution in [0.1, 0.15) is 4.88 Å². The molecule has 2 amide bonds. The number of aliphatic carboxylic acids is 1. The zero-order valence-electron chi connectivity index (χ0n) is 10.0. The number of carbonyl (C=O) groups excluding carboxylic acids is 1. The highest BCUT2D eigenvalue weighted by Gasteiger charge is 2.16. The van der Waals surface area contributed by atoms with Gasteiger partial charge in [0.15, 0.2) is 6.10 Å². The normalized spacial score (nSPS) is 11.8. The van der Waals surface area contributed by atoms with Crippen LogP contribution in [-0.2, 0) is 16.0 Å². The van der Waals surface area contributed by atoms with Gasteiger partial charge in [-0.15, -0.1) is 11.3 Å². The number of urea groups is 1. The van der Waals surface area contributed by atoms with Crippen LogP contribution >= 0.6 is 11.3 Å². The molecule has 1 heterocycles. The maximum absolute atomic E-state index is 11.3. The number of thiophene rings is 1. The summed E-state index contributed by atoms with van der Waals surface area (Å²) in [5, 5.41) is 15.8. The number of nitrogens with one attached hydrogen (secondary N) is 2. The molecule has 0 aromatic carbocycles. The van der Waals surface area contributed by atoms with Crippen molar-refractivity contribution in [2.24, 2.45) is 0 Å². The fourth-order valence-electron chi connectivity index (χ4n) is 1.27. The zero-order valence-corrected chi connectivity index (χ0v) is 10.8. The van der Waals surface area contributed by atoms with Crippen molar-refractivity contribution in [2.45, 2.75) is 12.5 Å². The second-order valence-electron chi connectivity index (χ2n) is 3.53. The number of rotatable bonds is 7. The predicted octanol–water partition coefficient (Wildman–Crippen LogP) is 0.689. The van der Waals surface area contributed by atoms with Gasteiger partial charge in [-0.2, -0.15) is 0 Å². The number of carbonyl (C=O) groups is 2. The highest BCUT2D eigenvalue weighted by molar-refractivity contribution is 7.09. The van der Waals surface area contributed by atoms with E-state index in [2.05, 4.69) is 15.4 Å². The van der Waals surface area contributed by atoms with Crippen LogP contribution in [0.5, 0.6) is 0 Å². The van der Waals surface area contributed by atoms with E-state index in [1.807, 2.05) is 17.5 Å². The molecule has 3 N–H and O–H groups in total. The van der Waals surface area contributed by atoms with E-state index in [0.717, 1.165) is 6.42 Å². The summed E-state index contributed by atoms with van der Waals surface area (Å²) in [6.07, 6.45) is -0.259. The number of carboxylic acid groups (broad SMARTS) is 1. The molecule has 1 unspecified atom stereocenters. The van der Waals surface area contributed by atoms with E-state index in [-0.39, 0.29) is 6.54 Å². The lowest BCUT2D eigenvalue weighted by Gasteiger charge is -2.12. The lowest BCUT2D eigenvalue weighted by Crippen LogP contribution is -2.43. The Balaban J connectivity index is 2.15. The summed E-state index contributed by atoms with van der Waals surface area (Å²) in [5.74, 6) is -1.10. The Morgan fingerprint density at radius 1 is 1.50 bits per heavy atom. The van der Waals surface area contributed by atoms with Crippen LogP contribution in [0, 0.1) is 0 Å². The fourth-order valence-corrected chi connectivity index (χ4v) is 1.98. The molecule has 0 saturated heterocycles. The van der Waals surface area contributed by atoms with Crippen LogP contribution in [0.4, 0.5) is 4.79 Å². The van der Waals surface area contributed by atoms with Gasteiger partial charge < -0.3 is 20.5 Å². The Hall–Kier alpha value is -1.60. The lowest BCUT2D eigenvalue weighted by molar-refractivity contribution is -0.147. The minimum absolute atomic E-state index is 0.0589. The topological polar surface area (TPSA) is 87.7 Å². The smallest absolute Gasteiger partial charge is 0.334 e. The summed E-state index contributed by atoms with van der Waals surface area (Å²) in [7, 11) is 1.29. The number of carboxylic acids is 1. The molecule has 1 aromatic rings. The quantitative estimate of drug-likeness (QED) is 0.681. The molecule has 0 aliphatic heterocycles. The first-order valence-electron chi connectivity index (χ1n) is 5.43. The average Bonchev–Trinajstić information content (AvgIpc) is 2.82. The second-order valence-corrected chi connectivity index (χ2v) is 4.56. The molecule has 0 spiro atoms. The molecule has 0 fully saturated rings. The molecule has 6 nitrogen and oxygen atoms in total. The number of hydrogen-bond donors (Lipinski definition) is 3. The van der Waals surface area contributed by atoms with E-state index >= 15 is 0 Å². The van der Waals surface area contributed by atoms with Crippen molar-refractivity contribution < 1.29 is 19.4 Å². The van der Waals surface area contributed by atoms with Gasteiger partial charge in [-0.3, -0.25) is 0 Å². The highest BCUT2D eigenvalue weighted by atomic mass is 32.1. The largest absolute Gasteiger partial charge is 0.479 e. The Morgan fingerprint density at radius 2 is 2.28 bits per heavy atom. The molecular weight excluding hydrogens is 256 g/mol. The van der Waals surface area contributed by atoms with Crippen molar-refractivity contribution in [2.75, 3.05) is 20.2 Å². The molecule has 7 heteroatoms. The van der Waals surface area contributed by atoms with Crippen molar-refractivity contribution in [1.82, 2.24) is 10.6 Å². The first-order valence-corrected chi connectivity index (χ1v) is 6.31. The van der Waals surface area contributed by atoms with Crippen LogP contribution < -0.4 is 10.6 Å². The van der Waals surface area contributed by atoms with E-state index in [9.17, 15) is 9.59 Å². The van der Waals surface area contributed by atoms with Crippen LogP contribution in [0.2, 0.25) is 0 Å². The maximum Gasteiger partial charge on any atom is 0.334 e. The first-order chi connectivity index (χ1) is 8.63. The molecule has 1 atom stereocenters. The average molecular weight is 272 g/mol. The van der Waals surface area contributed by atoms with Crippen molar-refractivity contribution in [1.29, 1.82) is 0 Å². The fraction of sp³-hybridized carbons (Fsp3) is 0.455. The number of ether oxygens (including phenoxy) is 1. The Labute approximate surface area is 109 Å². The van der Waals surface area contributed by atoms with Crippen LogP contribution in [0.15, 0.2) is 17.5 Å². The molecule has 18 heavy (non-hydrogen) atoms. The van der Waals surface area contributed by atoms with E-state index in [4.69, 9.17) is 5.11 Å². The molecule has 100 valence electrons. The minimum atomic E-state index is -1.10.